The Morgan fingerprint density at radius 2 is 1.69 bits per heavy atom. The van der Waals surface area contributed by atoms with E-state index < -0.39 is 0 Å². The minimum absolute atomic E-state index is 0.0470. The Morgan fingerprint density at radius 1 is 0.969 bits per heavy atom. The van der Waals surface area contributed by atoms with Gasteiger partial charge in [-0.15, -0.1) is 0 Å². The molecule has 6 heteroatoms. The fraction of sp³-hybridized carbons (Fsp3) is 0.231. The largest absolute Gasteiger partial charge is 0.489 e. The third kappa shape index (κ3) is 5.46. The molecule has 1 atom stereocenters. The van der Waals surface area contributed by atoms with E-state index in [2.05, 4.69) is 39.1 Å². The van der Waals surface area contributed by atoms with Crippen LogP contribution in [0.25, 0.3) is 0 Å². The number of hydrogen-bond acceptors (Lipinski definition) is 3. The van der Waals surface area contributed by atoms with Crippen molar-refractivity contribution in [2.75, 3.05) is 18.9 Å². The fourth-order valence-corrected chi connectivity index (χ4v) is 3.85. The zero-order valence-corrected chi connectivity index (χ0v) is 18.2. The standard InChI is InChI=1S/C26H28N4O2/c1-27-26(29-17-21-15-25(31)30-24-14-8-7-13-23(21)24)28-16-19-9-5-6-10-20(19)18-32-22-11-3-2-4-12-22/h2-14,21H,15-18H2,1H3,(H,30,31)(H2,27,28,29). The Kier molecular flexibility index (Phi) is 7.02. The number of hydrogen-bond donors (Lipinski definition) is 3. The molecular formula is C26H28N4O2. The minimum Gasteiger partial charge on any atom is -0.489 e. The Balaban J connectivity index is 1.34. The second kappa shape index (κ2) is 10.5. The molecule has 0 bridgehead atoms. The van der Waals surface area contributed by atoms with Crippen molar-refractivity contribution in [3.63, 3.8) is 0 Å². The van der Waals surface area contributed by atoms with E-state index in [0.29, 0.717) is 32.1 Å². The molecule has 0 aliphatic carbocycles. The molecule has 3 aromatic rings. The number of amides is 1. The van der Waals surface area contributed by atoms with Gasteiger partial charge in [-0.1, -0.05) is 60.7 Å². The van der Waals surface area contributed by atoms with Crippen LogP contribution >= 0.6 is 0 Å². The van der Waals surface area contributed by atoms with E-state index in [-0.39, 0.29) is 11.8 Å². The maximum atomic E-state index is 12.1. The lowest BCUT2D eigenvalue weighted by atomic mass is 9.90. The number of ether oxygens (including phenoxy) is 1. The van der Waals surface area contributed by atoms with Gasteiger partial charge in [-0.2, -0.15) is 0 Å². The lowest BCUT2D eigenvalue weighted by Gasteiger charge is -2.26. The van der Waals surface area contributed by atoms with E-state index in [1.807, 2.05) is 60.7 Å². The first-order valence-electron chi connectivity index (χ1n) is 10.8. The number of carbonyl (C=O) groups excluding carboxylic acids is 1. The molecule has 164 valence electrons. The van der Waals surface area contributed by atoms with Gasteiger partial charge in [0.15, 0.2) is 5.96 Å². The second-order valence-corrected chi connectivity index (χ2v) is 7.71. The molecule has 0 spiro atoms. The first kappa shape index (κ1) is 21.4. The fourth-order valence-electron chi connectivity index (χ4n) is 3.85. The van der Waals surface area contributed by atoms with Gasteiger partial charge in [0.2, 0.25) is 5.91 Å². The summed E-state index contributed by atoms with van der Waals surface area (Å²) < 4.78 is 5.92. The van der Waals surface area contributed by atoms with Crippen molar-refractivity contribution in [3.8, 4) is 5.75 Å². The average Bonchev–Trinajstić information content (AvgIpc) is 2.84. The number of carbonyl (C=O) groups is 1. The highest BCUT2D eigenvalue weighted by Gasteiger charge is 2.24. The summed E-state index contributed by atoms with van der Waals surface area (Å²) in [5.74, 6) is 1.70. The van der Waals surface area contributed by atoms with E-state index in [9.17, 15) is 4.79 Å². The van der Waals surface area contributed by atoms with E-state index in [1.165, 1.54) is 0 Å². The van der Waals surface area contributed by atoms with Crippen LogP contribution in [0.2, 0.25) is 0 Å². The Hall–Kier alpha value is -3.80. The molecule has 6 nitrogen and oxygen atoms in total. The summed E-state index contributed by atoms with van der Waals surface area (Å²) in [6, 6.07) is 26.0. The third-order valence-electron chi connectivity index (χ3n) is 5.55. The summed E-state index contributed by atoms with van der Waals surface area (Å²) in [6.45, 7) is 1.75. The molecule has 3 N–H and O–H groups in total. The molecule has 0 saturated heterocycles. The highest BCUT2D eigenvalue weighted by molar-refractivity contribution is 5.94. The molecule has 32 heavy (non-hydrogen) atoms. The highest BCUT2D eigenvalue weighted by atomic mass is 16.5. The lowest BCUT2D eigenvalue weighted by Crippen LogP contribution is -2.40. The Morgan fingerprint density at radius 3 is 2.50 bits per heavy atom. The molecule has 4 rings (SSSR count). The average molecular weight is 429 g/mol. The molecule has 1 aliphatic rings. The van der Waals surface area contributed by atoms with Gasteiger partial charge >= 0.3 is 0 Å². The summed E-state index contributed by atoms with van der Waals surface area (Å²) in [6.07, 6.45) is 0.459. The number of guanidine groups is 1. The molecule has 0 saturated carbocycles. The van der Waals surface area contributed by atoms with E-state index in [0.717, 1.165) is 28.1 Å². The van der Waals surface area contributed by atoms with Crippen molar-refractivity contribution in [3.05, 3.63) is 95.6 Å². The molecular weight excluding hydrogens is 400 g/mol. The predicted molar refractivity (Wildman–Crippen MR) is 128 cm³/mol. The van der Waals surface area contributed by atoms with E-state index >= 15 is 0 Å². The molecule has 3 aromatic carbocycles. The summed E-state index contributed by atoms with van der Waals surface area (Å²) in [4.78, 5) is 16.4. The molecule has 0 aromatic heterocycles. The van der Waals surface area contributed by atoms with Gasteiger partial charge in [-0.3, -0.25) is 9.79 Å². The number of nitrogens with zero attached hydrogens (tertiary/aromatic N) is 1. The topological polar surface area (TPSA) is 74.8 Å². The van der Waals surface area contributed by atoms with Crippen LogP contribution in [0.3, 0.4) is 0 Å². The van der Waals surface area contributed by atoms with Gasteiger partial charge in [-0.25, -0.2) is 0 Å². The van der Waals surface area contributed by atoms with Gasteiger partial charge in [-0.05, 0) is 34.9 Å². The van der Waals surface area contributed by atoms with Crippen molar-refractivity contribution < 1.29 is 9.53 Å². The molecule has 0 radical (unpaired) electrons. The first-order chi connectivity index (χ1) is 15.7. The van der Waals surface area contributed by atoms with Crippen molar-refractivity contribution in [2.24, 2.45) is 4.99 Å². The van der Waals surface area contributed by atoms with Crippen LogP contribution in [-0.2, 0) is 17.9 Å². The van der Waals surface area contributed by atoms with Crippen LogP contribution in [0, 0.1) is 0 Å². The Labute approximate surface area is 188 Å². The third-order valence-corrected chi connectivity index (χ3v) is 5.55. The quantitative estimate of drug-likeness (QED) is 0.392. The zero-order chi connectivity index (χ0) is 22.2. The van der Waals surface area contributed by atoms with Gasteiger partial charge in [0.25, 0.3) is 0 Å². The highest BCUT2D eigenvalue weighted by Crippen LogP contribution is 2.31. The summed E-state index contributed by atoms with van der Waals surface area (Å²) >= 11 is 0. The van der Waals surface area contributed by atoms with Crippen LogP contribution in [-0.4, -0.2) is 25.5 Å². The summed E-state index contributed by atoms with van der Waals surface area (Å²) in [5.41, 5.74) is 4.32. The first-order valence-corrected chi connectivity index (χ1v) is 10.8. The second-order valence-electron chi connectivity index (χ2n) is 7.71. The zero-order valence-electron chi connectivity index (χ0n) is 18.2. The lowest BCUT2D eigenvalue weighted by molar-refractivity contribution is -0.116. The van der Waals surface area contributed by atoms with Gasteiger partial charge in [0, 0.05) is 38.2 Å². The molecule has 1 heterocycles. The predicted octanol–water partition coefficient (Wildman–Crippen LogP) is 4.06. The Bertz CT molecular complexity index is 1080. The van der Waals surface area contributed by atoms with Crippen molar-refractivity contribution in [2.45, 2.75) is 25.5 Å². The van der Waals surface area contributed by atoms with Gasteiger partial charge in [0.05, 0.1) is 0 Å². The normalized spacial score (nSPS) is 15.5. The van der Waals surface area contributed by atoms with E-state index in [1.54, 1.807) is 7.05 Å². The van der Waals surface area contributed by atoms with Crippen LogP contribution in [0.5, 0.6) is 5.75 Å². The maximum Gasteiger partial charge on any atom is 0.225 e. The number of anilines is 1. The number of rotatable bonds is 7. The minimum atomic E-state index is 0.0470. The maximum absolute atomic E-state index is 12.1. The van der Waals surface area contributed by atoms with Crippen LogP contribution in [0.15, 0.2) is 83.9 Å². The number of nitrogens with one attached hydrogen (secondary N) is 3. The number of aliphatic imine (C=N–C) groups is 1. The molecule has 1 amide bonds. The summed E-state index contributed by atoms with van der Waals surface area (Å²) in [5, 5.41) is 9.70. The van der Waals surface area contributed by atoms with Gasteiger partial charge in [0.1, 0.15) is 12.4 Å². The number of benzene rings is 3. The molecule has 0 fully saturated rings. The van der Waals surface area contributed by atoms with Gasteiger partial charge < -0.3 is 20.7 Å². The van der Waals surface area contributed by atoms with Crippen LogP contribution in [0.4, 0.5) is 5.69 Å². The van der Waals surface area contributed by atoms with Crippen molar-refractivity contribution >= 4 is 17.6 Å². The smallest absolute Gasteiger partial charge is 0.225 e. The SMILES string of the molecule is CN=C(NCc1ccccc1COc1ccccc1)NCC1CC(=O)Nc2ccccc21. The van der Waals surface area contributed by atoms with Crippen LogP contribution in [0.1, 0.15) is 29.0 Å². The number of fused-ring (bicyclic) bond motifs is 1. The van der Waals surface area contributed by atoms with Crippen molar-refractivity contribution in [1.82, 2.24) is 10.6 Å². The molecule has 1 aliphatic heterocycles. The van der Waals surface area contributed by atoms with Crippen molar-refractivity contribution in [1.29, 1.82) is 0 Å². The van der Waals surface area contributed by atoms with E-state index in [4.69, 9.17) is 4.74 Å². The number of para-hydroxylation sites is 2. The van der Waals surface area contributed by atoms with Crippen LogP contribution < -0.4 is 20.7 Å². The molecule has 1 unspecified atom stereocenters. The monoisotopic (exact) mass is 428 g/mol. The summed E-state index contributed by atoms with van der Waals surface area (Å²) in [7, 11) is 1.75.